The molecule has 0 aromatic carbocycles. The summed E-state index contributed by atoms with van der Waals surface area (Å²) in [6.07, 6.45) is 0. The summed E-state index contributed by atoms with van der Waals surface area (Å²) in [5, 5.41) is 2.26. The second kappa shape index (κ2) is 8.54. The molecule has 116 valence electrons. The Morgan fingerprint density at radius 1 is 1.05 bits per heavy atom. The van der Waals surface area contributed by atoms with Crippen LogP contribution in [0, 0.1) is 5.92 Å². The second-order valence-electron chi connectivity index (χ2n) is 3.70. The molecule has 0 fully saturated rings. The summed E-state index contributed by atoms with van der Waals surface area (Å²) in [6.45, 7) is 4.34. The molecule has 1 atom stereocenters. The van der Waals surface area contributed by atoms with Gasteiger partial charge < -0.3 is 14.8 Å². The Morgan fingerprint density at radius 3 is 1.70 bits per heavy atom. The van der Waals surface area contributed by atoms with Crippen molar-refractivity contribution in [3.8, 4) is 0 Å². The minimum atomic E-state index is -2.09. The van der Waals surface area contributed by atoms with Gasteiger partial charge in [-0.2, -0.15) is 0 Å². The van der Waals surface area contributed by atoms with E-state index >= 15 is 0 Å². The van der Waals surface area contributed by atoms with E-state index in [1.165, 1.54) is 0 Å². The molecule has 1 N–H and O–H groups in total. The van der Waals surface area contributed by atoms with E-state index in [0.29, 0.717) is 0 Å². The van der Waals surface area contributed by atoms with E-state index in [4.69, 9.17) is 44.3 Å². The molecule has 0 unspecified atom stereocenters. The molecule has 0 aliphatic heterocycles. The Balaban J connectivity index is 5.45. The molecule has 0 saturated heterocycles. The van der Waals surface area contributed by atoms with Crippen LogP contribution in [0.5, 0.6) is 0 Å². The molecule has 0 aromatic heterocycles. The van der Waals surface area contributed by atoms with Gasteiger partial charge in [-0.3, -0.25) is 14.4 Å². The molecule has 0 aliphatic carbocycles. The zero-order valence-corrected chi connectivity index (χ0v) is 13.5. The Hall–Kier alpha value is -0.720. The average Bonchev–Trinajstić information content (AvgIpc) is 2.27. The smallest absolute Gasteiger partial charge is 0.322 e. The number of hydrogen-bond donors (Lipinski definition) is 1. The van der Waals surface area contributed by atoms with Gasteiger partial charge in [-0.15, -0.1) is 0 Å². The SMILES string of the molecule is CCOC(=O)C(C(=O)OCC)[C@@H](NC(C)=O)C(Cl)(Cl)Cl. The van der Waals surface area contributed by atoms with Gasteiger partial charge in [0.1, 0.15) is 0 Å². The summed E-state index contributed by atoms with van der Waals surface area (Å²) in [5.74, 6) is -4.00. The molecule has 0 bridgehead atoms. The molecular weight excluding hydrogens is 332 g/mol. The molecule has 6 nitrogen and oxygen atoms in total. The van der Waals surface area contributed by atoms with Crippen molar-refractivity contribution >= 4 is 52.6 Å². The van der Waals surface area contributed by atoms with Crippen molar-refractivity contribution in [3.63, 3.8) is 0 Å². The van der Waals surface area contributed by atoms with Crippen molar-refractivity contribution in [2.75, 3.05) is 13.2 Å². The third kappa shape index (κ3) is 6.15. The zero-order valence-electron chi connectivity index (χ0n) is 11.2. The number of esters is 2. The van der Waals surface area contributed by atoms with Crippen LogP contribution in [0.1, 0.15) is 20.8 Å². The molecule has 0 spiro atoms. The monoisotopic (exact) mass is 347 g/mol. The minimum absolute atomic E-state index is 0.0292. The van der Waals surface area contributed by atoms with E-state index in [9.17, 15) is 14.4 Å². The Morgan fingerprint density at radius 2 is 1.45 bits per heavy atom. The molecule has 0 aliphatic rings. The molecule has 0 rings (SSSR count). The van der Waals surface area contributed by atoms with Crippen LogP contribution in [-0.4, -0.2) is 40.9 Å². The van der Waals surface area contributed by atoms with Crippen LogP contribution in [0.25, 0.3) is 0 Å². The van der Waals surface area contributed by atoms with Gasteiger partial charge in [0.05, 0.1) is 19.3 Å². The lowest BCUT2D eigenvalue weighted by molar-refractivity contribution is -0.163. The lowest BCUT2D eigenvalue weighted by Gasteiger charge is -2.29. The number of carbonyl (C=O) groups excluding carboxylic acids is 3. The van der Waals surface area contributed by atoms with E-state index in [2.05, 4.69) is 5.32 Å². The van der Waals surface area contributed by atoms with E-state index in [1.807, 2.05) is 0 Å². The van der Waals surface area contributed by atoms with Crippen molar-refractivity contribution in [2.45, 2.75) is 30.6 Å². The van der Waals surface area contributed by atoms with Crippen molar-refractivity contribution in [3.05, 3.63) is 0 Å². The minimum Gasteiger partial charge on any atom is -0.465 e. The van der Waals surface area contributed by atoms with Crippen LogP contribution >= 0.6 is 34.8 Å². The molecule has 0 radical (unpaired) electrons. The average molecular weight is 349 g/mol. The van der Waals surface area contributed by atoms with Gasteiger partial charge in [0.2, 0.25) is 9.70 Å². The third-order valence-corrected chi connectivity index (χ3v) is 2.83. The summed E-state index contributed by atoms with van der Waals surface area (Å²) in [7, 11) is 0. The first-order valence-electron chi connectivity index (χ1n) is 5.82. The van der Waals surface area contributed by atoms with E-state index in [-0.39, 0.29) is 13.2 Å². The summed E-state index contributed by atoms with van der Waals surface area (Å²) in [4.78, 5) is 34.9. The topological polar surface area (TPSA) is 81.7 Å². The first-order chi connectivity index (χ1) is 9.15. The predicted octanol–water partition coefficient (Wildman–Crippen LogP) is 1.60. The molecular formula is C11H16Cl3NO5. The summed E-state index contributed by atoms with van der Waals surface area (Å²) in [5.41, 5.74) is 0. The molecule has 9 heteroatoms. The number of alkyl halides is 3. The van der Waals surface area contributed by atoms with E-state index in [1.54, 1.807) is 13.8 Å². The standard InChI is InChI=1S/C11H16Cl3NO5/c1-4-19-9(17)7(10(18)20-5-2)8(11(12,13)14)15-6(3)16/h7-8H,4-5H2,1-3H3,(H,15,16)/t8-/m1/s1. The quantitative estimate of drug-likeness (QED) is 0.448. The van der Waals surface area contributed by atoms with Crippen molar-refractivity contribution in [1.82, 2.24) is 5.32 Å². The number of amides is 1. The number of carbonyl (C=O) groups is 3. The van der Waals surface area contributed by atoms with Gasteiger partial charge in [0.15, 0.2) is 5.92 Å². The van der Waals surface area contributed by atoms with Crippen molar-refractivity contribution in [2.24, 2.45) is 5.92 Å². The summed E-state index contributed by atoms with van der Waals surface area (Å²) < 4.78 is 7.44. The highest BCUT2D eigenvalue weighted by Crippen LogP contribution is 2.35. The maximum atomic E-state index is 11.9. The number of hydrogen-bond acceptors (Lipinski definition) is 5. The maximum Gasteiger partial charge on any atom is 0.322 e. The highest BCUT2D eigenvalue weighted by Gasteiger charge is 2.48. The van der Waals surface area contributed by atoms with Crippen molar-refractivity contribution < 1.29 is 23.9 Å². The molecule has 0 heterocycles. The Bertz CT molecular complexity index is 352. The van der Waals surface area contributed by atoms with Crippen molar-refractivity contribution in [1.29, 1.82) is 0 Å². The van der Waals surface area contributed by atoms with Gasteiger partial charge >= 0.3 is 11.9 Å². The lowest BCUT2D eigenvalue weighted by Crippen LogP contribution is -2.54. The fourth-order valence-electron chi connectivity index (χ4n) is 1.41. The molecule has 0 saturated carbocycles. The van der Waals surface area contributed by atoms with Gasteiger partial charge in [0, 0.05) is 6.92 Å². The van der Waals surface area contributed by atoms with Crippen LogP contribution in [0.15, 0.2) is 0 Å². The van der Waals surface area contributed by atoms with Gasteiger partial charge in [-0.1, -0.05) is 34.8 Å². The summed E-state index contributed by atoms with van der Waals surface area (Å²) >= 11 is 17.2. The first kappa shape index (κ1) is 19.3. The van der Waals surface area contributed by atoms with Crippen LogP contribution in [0.4, 0.5) is 0 Å². The fraction of sp³-hybridized carbons (Fsp3) is 0.727. The first-order valence-corrected chi connectivity index (χ1v) is 6.95. The number of nitrogens with one attached hydrogen (secondary N) is 1. The Labute approximate surface area is 132 Å². The van der Waals surface area contributed by atoms with E-state index in [0.717, 1.165) is 6.92 Å². The number of rotatable bonds is 6. The fourth-order valence-corrected chi connectivity index (χ4v) is 1.95. The largest absolute Gasteiger partial charge is 0.465 e. The van der Waals surface area contributed by atoms with Crippen LogP contribution < -0.4 is 5.32 Å². The number of halogens is 3. The van der Waals surface area contributed by atoms with E-state index < -0.39 is 33.6 Å². The highest BCUT2D eigenvalue weighted by atomic mass is 35.6. The van der Waals surface area contributed by atoms with Crippen LogP contribution in [-0.2, 0) is 23.9 Å². The molecule has 0 aromatic rings. The predicted molar refractivity (Wildman–Crippen MR) is 74.7 cm³/mol. The zero-order chi connectivity index (χ0) is 15.9. The highest BCUT2D eigenvalue weighted by molar-refractivity contribution is 6.68. The molecule has 1 amide bonds. The van der Waals surface area contributed by atoms with Gasteiger partial charge in [0.25, 0.3) is 0 Å². The third-order valence-electron chi connectivity index (χ3n) is 2.13. The van der Waals surface area contributed by atoms with Crippen LogP contribution in [0.2, 0.25) is 0 Å². The lowest BCUT2D eigenvalue weighted by atomic mass is 10.0. The molecule has 20 heavy (non-hydrogen) atoms. The number of ether oxygens (including phenoxy) is 2. The Kier molecular flexibility index (Phi) is 8.23. The maximum absolute atomic E-state index is 11.9. The second-order valence-corrected chi connectivity index (χ2v) is 6.07. The van der Waals surface area contributed by atoms with Crippen LogP contribution in [0.3, 0.4) is 0 Å². The normalized spacial score (nSPS) is 12.8. The van der Waals surface area contributed by atoms with Gasteiger partial charge in [-0.05, 0) is 13.8 Å². The van der Waals surface area contributed by atoms with Gasteiger partial charge in [-0.25, -0.2) is 0 Å². The summed E-state index contributed by atoms with van der Waals surface area (Å²) in [6, 6.07) is -1.40.